The fourth-order valence-corrected chi connectivity index (χ4v) is 2.57. The van der Waals surface area contributed by atoms with Gasteiger partial charge in [-0.15, -0.1) is 0 Å². The van der Waals surface area contributed by atoms with Crippen molar-refractivity contribution in [3.05, 3.63) is 24.4 Å². The lowest BCUT2D eigenvalue weighted by molar-refractivity contribution is -0.119. The summed E-state index contributed by atoms with van der Waals surface area (Å²) in [6.07, 6.45) is 3.15. The van der Waals surface area contributed by atoms with Crippen LogP contribution in [0, 0.1) is 0 Å². The largest absolute Gasteiger partial charge is 0.374 e. The quantitative estimate of drug-likeness (QED) is 0.831. The predicted molar refractivity (Wildman–Crippen MR) is 85.4 cm³/mol. The highest BCUT2D eigenvalue weighted by Crippen LogP contribution is 2.17. The molecule has 0 unspecified atom stereocenters. The molecule has 9 heteroatoms. The maximum Gasteiger partial charge on any atom is 0.240 e. The second-order valence-corrected chi connectivity index (χ2v) is 6.16. The summed E-state index contributed by atoms with van der Waals surface area (Å²) in [7, 11) is 0. The predicted octanol–water partition coefficient (Wildman–Crippen LogP) is 0.729. The fraction of sp³-hybridized carbons (Fsp3) is 0.600. The molecule has 1 atom stereocenters. The first kappa shape index (κ1) is 16.6. The molecule has 0 aromatic carbocycles. The highest BCUT2D eigenvalue weighted by Gasteiger charge is 2.23. The topological polar surface area (TPSA) is 98.3 Å². The minimum absolute atomic E-state index is 0.00827. The van der Waals surface area contributed by atoms with Gasteiger partial charge in [0.25, 0.3) is 0 Å². The van der Waals surface area contributed by atoms with Gasteiger partial charge in [-0.2, -0.15) is 5.10 Å². The summed E-state index contributed by atoms with van der Waals surface area (Å²) >= 11 is 0. The van der Waals surface area contributed by atoms with Gasteiger partial charge in [-0.25, -0.2) is 4.98 Å². The smallest absolute Gasteiger partial charge is 0.240 e. The Balaban J connectivity index is 1.48. The van der Waals surface area contributed by atoms with Crippen LogP contribution in [0.4, 0.5) is 5.88 Å². The Labute approximate surface area is 140 Å². The minimum Gasteiger partial charge on any atom is -0.374 e. The van der Waals surface area contributed by atoms with E-state index in [4.69, 9.17) is 9.26 Å². The zero-order valence-corrected chi connectivity index (χ0v) is 13.9. The summed E-state index contributed by atoms with van der Waals surface area (Å²) in [5, 5.41) is 10.8. The minimum atomic E-state index is -0.122. The normalized spacial score (nSPS) is 18.9. The first-order valence-electron chi connectivity index (χ1n) is 8.03. The van der Waals surface area contributed by atoms with Crippen LogP contribution in [0.2, 0.25) is 0 Å². The third-order valence-electron chi connectivity index (χ3n) is 3.83. The van der Waals surface area contributed by atoms with Crippen LogP contribution in [0.3, 0.4) is 0 Å². The molecule has 0 radical (unpaired) electrons. The highest BCUT2D eigenvalue weighted by atomic mass is 16.5. The van der Waals surface area contributed by atoms with Crippen LogP contribution in [0.1, 0.15) is 25.5 Å². The Bertz CT molecular complexity index is 654. The average Bonchev–Trinajstić information content (AvgIpc) is 3.19. The van der Waals surface area contributed by atoms with Crippen molar-refractivity contribution >= 4 is 11.8 Å². The van der Waals surface area contributed by atoms with E-state index in [0.717, 1.165) is 12.2 Å². The van der Waals surface area contributed by atoms with Gasteiger partial charge in [-0.1, -0.05) is 19.0 Å². The number of morpholine rings is 1. The Morgan fingerprint density at radius 3 is 3.08 bits per heavy atom. The summed E-state index contributed by atoms with van der Waals surface area (Å²) in [5.41, 5.74) is 0.824. The molecule has 1 N–H and O–H groups in total. The molecule has 130 valence electrons. The van der Waals surface area contributed by atoms with Crippen molar-refractivity contribution in [3.63, 3.8) is 0 Å². The standard InChI is InChI=1S/C15H22N6O3/c1-11(2)13-5-15(24-19-13)18-14(22)8-20-3-4-23-12(6-20)7-21-10-16-9-17-21/h5,9-12H,3-4,6-8H2,1-2H3,(H,18,22)/t12-/m0/s1. The van der Waals surface area contributed by atoms with Crippen molar-refractivity contribution < 1.29 is 14.1 Å². The molecular weight excluding hydrogens is 312 g/mol. The number of ether oxygens (including phenoxy) is 1. The van der Waals surface area contributed by atoms with E-state index in [2.05, 4.69) is 25.5 Å². The molecule has 1 fully saturated rings. The van der Waals surface area contributed by atoms with Crippen LogP contribution in [-0.2, 0) is 16.1 Å². The number of hydrogen-bond donors (Lipinski definition) is 1. The maximum absolute atomic E-state index is 12.2. The third kappa shape index (κ3) is 4.39. The fourth-order valence-electron chi connectivity index (χ4n) is 2.57. The zero-order chi connectivity index (χ0) is 16.9. The molecular formula is C15H22N6O3. The van der Waals surface area contributed by atoms with E-state index in [-0.39, 0.29) is 24.5 Å². The van der Waals surface area contributed by atoms with E-state index in [1.165, 1.54) is 6.33 Å². The van der Waals surface area contributed by atoms with E-state index < -0.39 is 0 Å². The van der Waals surface area contributed by atoms with Crippen molar-refractivity contribution in [1.29, 1.82) is 0 Å². The van der Waals surface area contributed by atoms with Gasteiger partial charge in [-0.05, 0) is 5.92 Å². The molecule has 9 nitrogen and oxygen atoms in total. The molecule has 1 aliphatic heterocycles. The van der Waals surface area contributed by atoms with E-state index in [1.807, 2.05) is 13.8 Å². The summed E-state index contributed by atoms with van der Waals surface area (Å²) in [6.45, 7) is 6.92. The number of nitrogens with one attached hydrogen (secondary N) is 1. The Morgan fingerprint density at radius 1 is 1.50 bits per heavy atom. The Hall–Kier alpha value is -2.26. The third-order valence-corrected chi connectivity index (χ3v) is 3.83. The molecule has 0 aliphatic carbocycles. The van der Waals surface area contributed by atoms with Crippen molar-refractivity contribution in [2.75, 3.05) is 31.6 Å². The second kappa shape index (κ2) is 7.54. The van der Waals surface area contributed by atoms with Gasteiger partial charge in [0.15, 0.2) is 0 Å². The number of anilines is 1. The first-order valence-corrected chi connectivity index (χ1v) is 8.03. The molecule has 1 aliphatic rings. The zero-order valence-electron chi connectivity index (χ0n) is 13.9. The molecule has 3 heterocycles. The van der Waals surface area contributed by atoms with Crippen molar-refractivity contribution in [3.8, 4) is 0 Å². The summed E-state index contributed by atoms with van der Waals surface area (Å²) in [4.78, 5) is 18.1. The SMILES string of the molecule is CC(C)c1cc(NC(=O)CN2CCO[C@H](Cn3cncn3)C2)on1. The Kier molecular flexibility index (Phi) is 5.21. The van der Waals surface area contributed by atoms with Gasteiger partial charge < -0.3 is 9.26 Å². The molecule has 1 amide bonds. The van der Waals surface area contributed by atoms with Gasteiger partial charge >= 0.3 is 0 Å². The van der Waals surface area contributed by atoms with Crippen LogP contribution in [0.15, 0.2) is 23.2 Å². The number of amides is 1. The number of aromatic nitrogens is 4. The van der Waals surface area contributed by atoms with Crippen molar-refractivity contribution in [1.82, 2.24) is 24.8 Å². The average molecular weight is 334 g/mol. The van der Waals surface area contributed by atoms with Crippen LogP contribution >= 0.6 is 0 Å². The molecule has 24 heavy (non-hydrogen) atoms. The second-order valence-electron chi connectivity index (χ2n) is 6.16. The first-order chi connectivity index (χ1) is 11.6. The van der Waals surface area contributed by atoms with Gasteiger partial charge in [0, 0.05) is 19.2 Å². The van der Waals surface area contributed by atoms with Crippen molar-refractivity contribution in [2.45, 2.75) is 32.4 Å². The number of carbonyl (C=O) groups is 1. The van der Waals surface area contributed by atoms with Crippen molar-refractivity contribution in [2.24, 2.45) is 0 Å². The summed E-state index contributed by atoms with van der Waals surface area (Å²) < 4.78 is 12.6. The number of hydrogen-bond acceptors (Lipinski definition) is 7. The maximum atomic E-state index is 12.2. The van der Waals surface area contributed by atoms with Crippen LogP contribution in [0.5, 0.6) is 0 Å². The van der Waals surface area contributed by atoms with E-state index >= 15 is 0 Å². The lowest BCUT2D eigenvalue weighted by Gasteiger charge is -2.32. The van der Waals surface area contributed by atoms with E-state index in [1.54, 1.807) is 17.1 Å². The molecule has 2 aromatic rings. The van der Waals surface area contributed by atoms with Gasteiger partial charge in [0.2, 0.25) is 11.8 Å². The van der Waals surface area contributed by atoms with E-state index in [0.29, 0.717) is 25.6 Å². The van der Waals surface area contributed by atoms with Gasteiger partial charge in [-0.3, -0.25) is 19.7 Å². The molecule has 0 saturated carbocycles. The summed E-state index contributed by atoms with van der Waals surface area (Å²) in [6, 6.07) is 1.76. The Morgan fingerprint density at radius 2 is 2.38 bits per heavy atom. The van der Waals surface area contributed by atoms with E-state index in [9.17, 15) is 4.79 Å². The number of nitrogens with zero attached hydrogens (tertiary/aromatic N) is 5. The molecule has 3 rings (SSSR count). The molecule has 1 saturated heterocycles. The number of rotatable bonds is 6. The van der Waals surface area contributed by atoms with Crippen LogP contribution in [0.25, 0.3) is 0 Å². The number of carbonyl (C=O) groups excluding carboxylic acids is 1. The van der Waals surface area contributed by atoms with Crippen LogP contribution < -0.4 is 5.32 Å². The highest BCUT2D eigenvalue weighted by molar-refractivity contribution is 5.90. The van der Waals surface area contributed by atoms with Gasteiger partial charge in [0.1, 0.15) is 12.7 Å². The molecule has 2 aromatic heterocycles. The summed E-state index contributed by atoms with van der Waals surface area (Å²) in [5.74, 6) is 0.523. The molecule has 0 spiro atoms. The van der Waals surface area contributed by atoms with Gasteiger partial charge in [0.05, 0.1) is 31.5 Å². The monoisotopic (exact) mass is 334 g/mol. The lowest BCUT2D eigenvalue weighted by Crippen LogP contribution is -2.47. The molecule has 0 bridgehead atoms. The lowest BCUT2D eigenvalue weighted by atomic mass is 10.1. The van der Waals surface area contributed by atoms with Crippen LogP contribution in [-0.4, -0.2) is 63.1 Å².